The summed E-state index contributed by atoms with van der Waals surface area (Å²) in [5.41, 5.74) is 44.5. The molecule has 0 radical (unpaired) electrons. The Bertz CT molecular complexity index is 6480. The fraction of sp³-hybridized carbons (Fsp3) is 0.212. The summed E-state index contributed by atoms with van der Waals surface area (Å²) in [6, 6.07) is 85.6. The van der Waals surface area contributed by atoms with Crippen LogP contribution in [-0.2, 0) is 9.05 Å². The maximum atomic E-state index is 11.2. The lowest BCUT2D eigenvalue weighted by molar-refractivity contribution is 0.101. The molecule has 0 aliphatic heterocycles. The number of ketones is 2. The van der Waals surface area contributed by atoms with Crippen molar-refractivity contribution in [2.75, 3.05) is 161 Å². The minimum Gasteiger partial charge on any atom is -0.384 e. The summed E-state index contributed by atoms with van der Waals surface area (Å²) in [5.74, 6) is 1.39. The third-order valence-corrected chi connectivity index (χ3v) is 22.9. The number of nitrogens with zero attached hydrogens (tertiary/aromatic N) is 19. The molecule has 19 rings (SSSR count). The van der Waals surface area contributed by atoms with Crippen molar-refractivity contribution in [3.8, 4) is 56.3 Å². The van der Waals surface area contributed by atoms with E-state index in [1.807, 2.05) is 213 Å². The molecule has 143 heavy (non-hydrogen) atoms. The first-order valence-corrected chi connectivity index (χ1v) is 50.6. The third kappa shape index (κ3) is 34.6. The lowest BCUT2D eigenvalue weighted by Crippen LogP contribution is -2.09. The highest BCUT2D eigenvalue weighted by Crippen LogP contribution is 2.30. The number of benzene rings is 7. The standard InChI is InChI=1S/5C16H17N3.2C10H12BrNO.2C6H8N2.CH3ClO2S.ClH/c5*1-12-4-9-16-17-15(11-19(16)10-12)13-5-7-14(8-6-13)18(2)3;2*1-12(2)9-5-3-8(4-6-9)10(13)7-11;2*1-5-2-3-6(7)8-4-5;1-5(2,3)4;/h5*4-11H,1-3H3;2*3-6H,7H2,1-2H3;2*2-4H,1H3,(H2,7,8);1H3;1H. The van der Waals surface area contributed by atoms with Gasteiger partial charge in [0.1, 0.15) is 39.9 Å². The highest BCUT2D eigenvalue weighted by molar-refractivity contribution is 9.09. The van der Waals surface area contributed by atoms with Crippen molar-refractivity contribution in [2.24, 2.45) is 0 Å². The number of anilines is 9. The zero-order valence-electron chi connectivity index (χ0n) is 85.3. The molecule has 0 unspecified atom stereocenters. The van der Waals surface area contributed by atoms with Crippen LogP contribution in [0.5, 0.6) is 0 Å². The molecule has 0 spiro atoms. The van der Waals surface area contributed by atoms with Crippen LogP contribution in [0, 0.1) is 48.5 Å². The van der Waals surface area contributed by atoms with Gasteiger partial charge < -0.3 is 67.8 Å². The number of halogens is 4. The van der Waals surface area contributed by atoms with E-state index < -0.39 is 9.05 Å². The number of carbonyl (C=O) groups excluding carboxylic acids is 2. The summed E-state index contributed by atoms with van der Waals surface area (Å²) in [6.45, 7) is 14.4. The van der Waals surface area contributed by atoms with Crippen LogP contribution < -0.4 is 45.8 Å². The van der Waals surface area contributed by atoms with E-state index in [1.165, 1.54) is 56.3 Å². The van der Waals surface area contributed by atoms with Gasteiger partial charge in [0.05, 0.1) is 45.4 Å². The van der Waals surface area contributed by atoms with Gasteiger partial charge in [0.2, 0.25) is 9.05 Å². The summed E-state index contributed by atoms with van der Waals surface area (Å²) < 4.78 is 29.2. The normalized spacial score (nSPS) is 10.4. The number of aromatic nitrogens is 12. The van der Waals surface area contributed by atoms with Crippen molar-refractivity contribution in [3.05, 3.63) is 379 Å². The Labute approximate surface area is 868 Å². The topological polar surface area (TPSA) is 255 Å². The second-order valence-corrected chi connectivity index (χ2v) is 39.6. The Morgan fingerprint density at radius 3 is 0.573 bits per heavy atom. The molecular formula is C113H129Br2Cl2N21O4S. The fourth-order valence-electron chi connectivity index (χ4n) is 13.9. The van der Waals surface area contributed by atoms with E-state index in [0.717, 1.165) is 124 Å². The van der Waals surface area contributed by atoms with Crippen molar-refractivity contribution in [3.63, 3.8) is 0 Å². The van der Waals surface area contributed by atoms with E-state index in [9.17, 15) is 18.0 Å². The van der Waals surface area contributed by atoms with Crippen LogP contribution in [0.4, 0.5) is 51.4 Å². The van der Waals surface area contributed by atoms with Gasteiger partial charge in [0.15, 0.2) is 11.6 Å². The molecule has 7 aromatic carbocycles. The minimum atomic E-state index is -3.19. The van der Waals surface area contributed by atoms with Crippen LogP contribution in [0.3, 0.4) is 0 Å². The molecule has 12 heterocycles. The van der Waals surface area contributed by atoms with Crippen molar-refractivity contribution in [1.29, 1.82) is 0 Å². The smallest absolute Gasteiger partial charge is 0.229 e. The average Bonchev–Trinajstić information content (AvgIpc) is 1.69. The van der Waals surface area contributed by atoms with E-state index in [0.29, 0.717) is 22.3 Å². The second kappa shape index (κ2) is 53.3. The minimum absolute atomic E-state index is 0. The maximum Gasteiger partial charge on any atom is 0.229 e. The van der Waals surface area contributed by atoms with Gasteiger partial charge in [-0.25, -0.2) is 43.3 Å². The van der Waals surface area contributed by atoms with Crippen LogP contribution in [0.2, 0.25) is 0 Å². The zero-order valence-corrected chi connectivity index (χ0v) is 90.9. The maximum absolute atomic E-state index is 11.2. The van der Waals surface area contributed by atoms with Crippen molar-refractivity contribution >= 4 is 155 Å². The van der Waals surface area contributed by atoms with E-state index in [-0.39, 0.29) is 24.0 Å². The van der Waals surface area contributed by atoms with E-state index >= 15 is 0 Å². The average molecular weight is 2110 g/mol. The number of hydrogen-bond acceptors (Lipinski definition) is 20. The van der Waals surface area contributed by atoms with Crippen LogP contribution in [-0.4, -0.2) is 192 Å². The molecule has 0 amide bonds. The monoisotopic (exact) mass is 2100 g/mol. The SMILES string of the molecule is CN(C)c1ccc(C(=O)CBr)cc1.CN(C)c1ccc(C(=O)CBr)cc1.CS(=O)(=O)Cl.Cc1ccc(N)nc1.Cc1ccc(N)nc1.Cc1ccc2nc(-c3ccc(N(C)C)cc3)cn2c1.Cc1ccc2nc(-c3ccc(N(C)C)cc3)cn2c1.Cc1ccc2nc(-c3ccc(N(C)C)cc3)cn2c1.Cc1ccc2nc(-c3ccc(N(C)C)cc3)cn2c1.Cc1ccc2nc(-c3ccc(N(C)C)cc3)cn2c1.Cl. The number of nitrogens with two attached hydrogens (primary N) is 2. The van der Waals surface area contributed by atoms with Crippen LogP contribution in [0.1, 0.15) is 59.7 Å². The molecule has 0 aliphatic carbocycles. The van der Waals surface area contributed by atoms with Crippen molar-refractivity contribution in [2.45, 2.75) is 48.5 Å². The number of hydrogen-bond donors (Lipinski definition) is 2. The summed E-state index contributed by atoms with van der Waals surface area (Å²) in [5, 5.41) is 0.766. The van der Waals surface area contributed by atoms with Gasteiger partial charge in [-0.1, -0.05) is 135 Å². The van der Waals surface area contributed by atoms with Gasteiger partial charge in [0.25, 0.3) is 0 Å². The van der Waals surface area contributed by atoms with Crippen LogP contribution in [0.15, 0.2) is 329 Å². The molecule has 0 bridgehead atoms. The number of imidazole rings is 5. The molecule has 0 fully saturated rings. The Morgan fingerprint density at radius 2 is 0.434 bits per heavy atom. The van der Waals surface area contributed by atoms with Gasteiger partial charge in [-0.2, -0.15) is 0 Å². The molecule has 0 atom stereocenters. The first kappa shape index (κ1) is 112. The molecule has 25 nitrogen and oxygen atoms in total. The second-order valence-electron chi connectivity index (χ2n) is 35.4. The number of carbonyl (C=O) groups is 2. The van der Waals surface area contributed by atoms with E-state index in [1.54, 1.807) is 24.5 Å². The molecule has 12 aromatic heterocycles. The Balaban J connectivity index is 0.000000180. The molecule has 744 valence electrons. The summed E-state index contributed by atoms with van der Waals surface area (Å²) >= 11 is 6.28. The fourth-order valence-corrected chi connectivity index (χ4v) is 14.5. The molecule has 0 saturated carbocycles. The van der Waals surface area contributed by atoms with Crippen molar-refractivity contribution < 1.29 is 18.0 Å². The van der Waals surface area contributed by atoms with E-state index in [2.05, 4.69) is 372 Å². The molecule has 30 heteroatoms. The van der Waals surface area contributed by atoms with Gasteiger partial charge >= 0.3 is 0 Å². The highest BCUT2D eigenvalue weighted by Gasteiger charge is 2.14. The Kier molecular flexibility index (Phi) is 41.7. The number of aryl methyl sites for hydroxylation is 7. The first-order chi connectivity index (χ1) is 67.5. The molecule has 4 N–H and O–H groups in total. The Morgan fingerprint density at radius 1 is 0.273 bits per heavy atom. The predicted molar refractivity (Wildman–Crippen MR) is 611 cm³/mol. The molecule has 0 aliphatic rings. The number of nitrogen functional groups attached to an aromatic ring is 2. The molecule has 19 aromatic rings. The van der Waals surface area contributed by atoms with Crippen LogP contribution in [0.25, 0.3) is 84.5 Å². The molecule has 0 saturated heterocycles. The van der Waals surface area contributed by atoms with Gasteiger partial charge in [-0.05, 0) is 239 Å². The first-order valence-electron chi connectivity index (χ1n) is 45.7. The number of rotatable bonds is 16. The van der Waals surface area contributed by atoms with Gasteiger partial charge in [-0.3, -0.25) is 9.59 Å². The number of Topliss-reactive ketones (excluding diaryl/α,β-unsaturated/α-hetero) is 2. The third-order valence-electron chi connectivity index (χ3n) is 21.9. The zero-order chi connectivity index (χ0) is 103. The van der Waals surface area contributed by atoms with Gasteiger partial charge in [0, 0.05) is 262 Å². The number of pyridine rings is 7. The summed E-state index contributed by atoms with van der Waals surface area (Å²) in [7, 11) is 29.6. The van der Waals surface area contributed by atoms with Crippen molar-refractivity contribution in [1.82, 2.24) is 56.9 Å². The summed E-state index contributed by atoms with van der Waals surface area (Å²) in [4.78, 5) is 67.9. The molecular weight excluding hydrogens is 1980 g/mol. The number of alkyl halides is 2. The van der Waals surface area contributed by atoms with E-state index in [4.69, 9.17) is 11.5 Å². The highest BCUT2D eigenvalue weighted by atomic mass is 79.9. The van der Waals surface area contributed by atoms with Gasteiger partial charge in [-0.15, -0.1) is 12.4 Å². The quantitative estimate of drug-likeness (QED) is 0.0518. The summed E-state index contributed by atoms with van der Waals surface area (Å²) in [6.07, 6.45) is 25.3. The lowest BCUT2D eigenvalue weighted by atomic mass is 10.1. The Hall–Kier alpha value is -14.7. The lowest BCUT2D eigenvalue weighted by Gasteiger charge is -2.12. The largest absolute Gasteiger partial charge is 0.384 e. The number of fused-ring (bicyclic) bond motifs is 5. The van der Waals surface area contributed by atoms with Crippen LogP contribution >= 0.6 is 54.9 Å². The predicted octanol–water partition coefficient (Wildman–Crippen LogP) is 24.1.